The fourth-order valence-electron chi connectivity index (χ4n) is 2.17. The number of hydrazone groups is 1. The van der Waals surface area contributed by atoms with Gasteiger partial charge >= 0.3 is 0 Å². The van der Waals surface area contributed by atoms with E-state index in [9.17, 15) is 9.90 Å². The van der Waals surface area contributed by atoms with E-state index in [2.05, 4.69) is 47.2 Å². The molecule has 0 heterocycles. The fraction of sp³-hybridized carbons (Fsp3) is 0.300. The summed E-state index contributed by atoms with van der Waals surface area (Å²) in [6.45, 7) is 8.04. The van der Waals surface area contributed by atoms with Gasteiger partial charge in [-0.05, 0) is 75.8 Å². The lowest BCUT2D eigenvalue weighted by atomic mass is 9.87. The second kappa shape index (κ2) is 8.36. The number of hydrogen-bond donors (Lipinski definition) is 2. The van der Waals surface area contributed by atoms with E-state index in [0.29, 0.717) is 11.5 Å². The minimum Gasteiger partial charge on any atom is -0.508 e. The summed E-state index contributed by atoms with van der Waals surface area (Å²) in [4.78, 5) is 11.9. The molecule has 2 aromatic rings. The Morgan fingerprint density at radius 2 is 1.85 bits per heavy atom. The van der Waals surface area contributed by atoms with Crippen LogP contribution in [0, 0.1) is 0 Å². The van der Waals surface area contributed by atoms with Gasteiger partial charge in [0.15, 0.2) is 6.61 Å². The zero-order valence-corrected chi connectivity index (χ0v) is 16.9. The molecular formula is C20H23BrN2O3. The van der Waals surface area contributed by atoms with Crippen molar-refractivity contribution in [2.75, 3.05) is 6.61 Å². The number of rotatable bonds is 5. The van der Waals surface area contributed by atoms with Crippen LogP contribution in [0.3, 0.4) is 0 Å². The fourth-order valence-corrected chi connectivity index (χ4v) is 2.67. The predicted molar refractivity (Wildman–Crippen MR) is 107 cm³/mol. The number of halogens is 1. The van der Waals surface area contributed by atoms with Gasteiger partial charge in [-0.25, -0.2) is 5.43 Å². The Bertz CT molecular complexity index is 809. The predicted octanol–water partition coefficient (Wildman–Crippen LogP) is 4.37. The largest absolute Gasteiger partial charge is 0.508 e. The number of benzene rings is 2. The summed E-state index contributed by atoms with van der Waals surface area (Å²) in [6.07, 6.45) is 0. The number of phenols is 1. The summed E-state index contributed by atoms with van der Waals surface area (Å²) >= 11 is 3.48. The Morgan fingerprint density at radius 1 is 1.19 bits per heavy atom. The Balaban J connectivity index is 1.92. The van der Waals surface area contributed by atoms with Gasteiger partial charge in [-0.2, -0.15) is 5.10 Å². The van der Waals surface area contributed by atoms with Crippen molar-refractivity contribution in [2.45, 2.75) is 33.1 Å². The van der Waals surface area contributed by atoms with Gasteiger partial charge in [-0.3, -0.25) is 4.79 Å². The quantitative estimate of drug-likeness (QED) is 0.559. The van der Waals surface area contributed by atoms with E-state index < -0.39 is 0 Å². The van der Waals surface area contributed by atoms with Crippen LogP contribution in [0.1, 0.15) is 38.8 Å². The SMILES string of the molecule is C/C(=N/NC(=O)COc1ccc(C(C)(C)C)cc1Br)c1ccc(O)cc1. The second-order valence-electron chi connectivity index (χ2n) is 6.96. The van der Waals surface area contributed by atoms with E-state index in [0.717, 1.165) is 10.0 Å². The Morgan fingerprint density at radius 3 is 2.42 bits per heavy atom. The molecule has 26 heavy (non-hydrogen) atoms. The molecule has 0 aliphatic carbocycles. The van der Waals surface area contributed by atoms with Crippen molar-refractivity contribution in [3.63, 3.8) is 0 Å². The molecule has 0 radical (unpaired) electrons. The number of hydrogen-bond acceptors (Lipinski definition) is 4. The van der Waals surface area contributed by atoms with Gasteiger partial charge in [0.2, 0.25) is 0 Å². The molecule has 0 bridgehead atoms. The molecule has 6 heteroatoms. The van der Waals surface area contributed by atoms with Crippen LogP contribution in [-0.4, -0.2) is 23.3 Å². The van der Waals surface area contributed by atoms with Gasteiger partial charge in [0.1, 0.15) is 11.5 Å². The molecule has 0 fully saturated rings. The zero-order chi connectivity index (χ0) is 19.3. The molecule has 0 spiro atoms. The Labute approximate surface area is 162 Å². The minimum atomic E-state index is -0.352. The highest BCUT2D eigenvalue weighted by molar-refractivity contribution is 9.10. The van der Waals surface area contributed by atoms with Crippen molar-refractivity contribution < 1.29 is 14.6 Å². The molecule has 138 valence electrons. The lowest BCUT2D eigenvalue weighted by Gasteiger charge is -2.20. The maximum Gasteiger partial charge on any atom is 0.277 e. The first-order valence-electron chi connectivity index (χ1n) is 8.22. The van der Waals surface area contributed by atoms with Crippen LogP contribution in [0.5, 0.6) is 11.5 Å². The van der Waals surface area contributed by atoms with E-state index in [-0.39, 0.29) is 23.7 Å². The van der Waals surface area contributed by atoms with Crippen molar-refractivity contribution in [2.24, 2.45) is 5.10 Å². The van der Waals surface area contributed by atoms with Crippen LogP contribution in [0.15, 0.2) is 52.0 Å². The number of carbonyl (C=O) groups excluding carboxylic acids is 1. The molecule has 0 aliphatic heterocycles. The van der Waals surface area contributed by atoms with Crippen LogP contribution in [-0.2, 0) is 10.2 Å². The molecule has 2 rings (SSSR count). The molecule has 0 saturated heterocycles. The highest BCUT2D eigenvalue weighted by Crippen LogP contribution is 2.31. The summed E-state index contributed by atoms with van der Waals surface area (Å²) in [6, 6.07) is 12.4. The topological polar surface area (TPSA) is 70.9 Å². The first-order valence-corrected chi connectivity index (χ1v) is 9.01. The third kappa shape index (κ3) is 5.59. The molecular weight excluding hydrogens is 396 g/mol. The van der Waals surface area contributed by atoms with Crippen LogP contribution in [0.25, 0.3) is 0 Å². The van der Waals surface area contributed by atoms with Gasteiger partial charge < -0.3 is 9.84 Å². The van der Waals surface area contributed by atoms with E-state index >= 15 is 0 Å². The number of amides is 1. The molecule has 5 nitrogen and oxygen atoms in total. The van der Waals surface area contributed by atoms with Crippen molar-refractivity contribution in [3.8, 4) is 11.5 Å². The van der Waals surface area contributed by atoms with E-state index in [1.165, 1.54) is 5.56 Å². The van der Waals surface area contributed by atoms with Crippen molar-refractivity contribution in [1.29, 1.82) is 0 Å². The van der Waals surface area contributed by atoms with Crippen LogP contribution in [0.2, 0.25) is 0 Å². The number of aromatic hydroxyl groups is 1. The first-order chi connectivity index (χ1) is 12.2. The smallest absolute Gasteiger partial charge is 0.277 e. The average molecular weight is 419 g/mol. The van der Waals surface area contributed by atoms with E-state index in [1.54, 1.807) is 31.2 Å². The van der Waals surface area contributed by atoms with Gasteiger partial charge in [-0.1, -0.05) is 26.8 Å². The summed E-state index contributed by atoms with van der Waals surface area (Å²) in [5, 5.41) is 13.3. The van der Waals surface area contributed by atoms with Crippen LogP contribution < -0.4 is 10.2 Å². The highest BCUT2D eigenvalue weighted by atomic mass is 79.9. The van der Waals surface area contributed by atoms with Crippen LogP contribution >= 0.6 is 15.9 Å². The first kappa shape index (κ1) is 20.0. The number of nitrogens with one attached hydrogen (secondary N) is 1. The lowest BCUT2D eigenvalue weighted by molar-refractivity contribution is -0.123. The van der Waals surface area contributed by atoms with Crippen molar-refractivity contribution >= 4 is 27.5 Å². The maximum absolute atomic E-state index is 11.9. The summed E-state index contributed by atoms with van der Waals surface area (Å²) < 4.78 is 6.37. The molecule has 2 N–H and O–H groups in total. The van der Waals surface area contributed by atoms with Gasteiger partial charge in [0.25, 0.3) is 5.91 Å². The number of phenolic OH excluding ortho intramolecular Hbond substituents is 1. The highest BCUT2D eigenvalue weighted by Gasteiger charge is 2.15. The number of carbonyl (C=O) groups is 1. The van der Waals surface area contributed by atoms with Gasteiger partial charge in [-0.15, -0.1) is 0 Å². The summed E-state index contributed by atoms with van der Waals surface area (Å²) in [5.41, 5.74) is 5.13. The Kier molecular flexibility index (Phi) is 6.42. The zero-order valence-electron chi connectivity index (χ0n) is 15.3. The normalized spacial score (nSPS) is 12.0. The third-order valence-corrected chi connectivity index (χ3v) is 4.41. The number of nitrogens with zero attached hydrogens (tertiary/aromatic N) is 1. The number of ether oxygens (including phenoxy) is 1. The standard InChI is InChI=1S/C20H23BrN2O3/c1-13(14-5-8-16(24)9-6-14)22-23-19(25)12-26-18-10-7-15(11-17(18)21)20(2,3)4/h5-11,24H,12H2,1-4H3,(H,23,25)/b22-13-. The third-order valence-electron chi connectivity index (χ3n) is 3.79. The molecule has 0 unspecified atom stereocenters. The van der Waals surface area contributed by atoms with E-state index in [4.69, 9.17) is 4.74 Å². The minimum absolute atomic E-state index is 0.0406. The Hall–Kier alpha value is -2.34. The molecule has 0 aromatic heterocycles. The van der Waals surface area contributed by atoms with E-state index in [1.807, 2.05) is 18.2 Å². The molecule has 2 aromatic carbocycles. The molecule has 0 saturated carbocycles. The monoisotopic (exact) mass is 418 g/mol. The van der Waals surface area contributed by atoms with Crippen molar-refractivity contribution in [3.05, 3.63) is 58.1 Å². The summed E-state index contributed by atoms with van der Waals surface area (Å²) in [7, 11) is 0. The molecule has 0 aliphatic rings. The van der Waals surface area contributed by atoms with Gasteiger partial charge in [0, 0.05) is 0 Å². The maximum atomic E-state index is 11.9. The second-order valence-corrected chi connectivity index (χ2v) is 7.82. The summed E-state index contributed by atoms with van der Waals surface area (Å²) in [5.74, 6) is 0.435. The van der Waals surface area contributed by atoms with Crippen LogP contribution in [0.4, 0.5) is 0 Å². The van der Waals surface area contributed by atoms with Crippen molar-refractivity contribution in [1.82, 2.24) is 5.43 Å². The average Bonchev–Trinajstić information content (AvgIpc) is 2.58. The lowest BCUT2D eigenvalue weighted by Crippen LogP contribution is -2.25. The molecule has 0 atom stereocenters. The van der Waals surface area contributed by atoms with Gasteiger partial charge in [0.05, 0.1) is 10.2 Å². The molecule has 1 amide bonds.